The summed E-state index contributed by atoms with van der Waals surface area (Å²) in [7, 11) is 1.61. The van der Waals surface area contributed by atoms with Crippen LogP contribution in [0.15, 0.2) is 29.2 Å². The molecule has 2 heterocycles. The highest BCUT2D eigenvalue weighted by Crippen LogP contribution is 2.45. The standard InChI is InChI=1S/C23H24N2O4S.ClH/c1-29-22-15(19-9-13-8-12(10-24)2-7-18(13)30-19)5-6-16-20(22)25(14-3-4-14)11-17(21(16)26)23(27)28;/h5-6,9,11-12,14H,2-4,7-8,10,24H2,1H3,(H,27,28);1H. The summed E-state index contributed by atoms with van der Waals surface area (Å²) in [5.41, 5.74) is 8.24. The van der Waals surface area contributed by atoms with Crippen LogP contribution in [0.3, 0.4) is 0 Å². The van der Waals surface area contributed by atoms with Crippen LogP contribution < -0.4 is 15.9 Å². The number of aryl methyl sites for hydroxylation is 1. The number of thiophene rings is 1. The van der Waals surface area contributed by atoms with Crippen molar-refractivity contribution in [2.24, 2.45) is 11.7 Å². The first-order valence-corrected chi connectivity index (χ1v) is 11.1. The molecule has 164 valence electrons. The maximum absolute atomic E-state index is 12.9. The normalized spacial score (nSPS) is 17.8. The van der Waals surface area contributed by atoms with Crippen molar-refractivity contribution in [1.29, 1.82) is 0 Å². The lowest BCUT2D eigenvalue weighted by Crippen LogP contribution is -2.20. The van der Waals surface area contributed by atoms with Gasteiger partial charge in [-0.25, -0.2) is 4.79 Å². The molecule has 1 aromatic carbocycles. The van der Waals surface area contributed by atoms with Crippen molar-refractivity contribution in [3.05, 3.63) is 50.6 Å². The molecular weight excluding hydrogens is 436 g/mol. The minimum atomic E-state index is -1.19. The molecule has 0 bridgehead atoms. The molecule has 0 radical (unpaired) electrons. The third-order valence-corrected chi connectivity index (χ3v) is 7.58. The van der Waals surface area contributed by atoms with Crippen LogP contribution in [0.2, 0.25) is 0 Å². The zero-order chi connectivity index (χ0) is 21.0. The Kier molecular flexibility index (Phi) is 5.85. The van der Waals surface area contributed by atoms with Gasteiger partial charge in [0.25, 0.3) is 0 Å². The molecule has 1 atom stereocenters. The molecule has 0 amide bonds. The Morgan fingerprint density at radius 3 is 2.74 bits per heavy atom. The molecule has 0 spiro atoms. The summed E-state index contributed by atoms with van der Waals surface area (Å²) in [6.45, 7) is 0.712. The summed E-state index contributed by atoms with van der Waals surface area (Å²) in [4.78, 5) is 27.0. The van der Waals surface area contributed by atoms with E-state index in [4.69, 9.17) is 10.5 Å². The second kappa shape index (κ2) is 8.30. The van der Waals surface area contributed by atoms with Gasteiger partial charge in [0, 0.05) is 27.6 Å². The first-order valence-electron chi connectivity index (χ1n) is 10.3. The molecule has 1 fully saturated rings. The number of hydrogen-bond donors (Lipinski definition) is 2. The molecule has 2 aliphatic rings. The second-order valence-corrected chi connectivity index (χ2v) is 9.40. The van der Waals surface area contributed by atoms with Crippen molar-refractivity contribution < 1.29 is 14.6 Å². The number of pyridine rings is 1. The molecule has 0 aliphatic heterocycles. The number of halogens is 1. The highest BCUT2D eigenvalue weighted by Gasteiger charge is 2.29. The van der Waals surface area contributed by atoms with Crippen LogP contribution in [0.5, 0.6) is 5.75 Å². The number of nitrogens with zero attached hydrogens (tertiary/aromatic N) is 1. The number of hydrogen-bond acceptors (Lipinski definition) is 5. The third kappa shape index (κ3) is 3.64. The third-order valence-electron chi connectivity index (χ3n) is 6.31. The molecule has 2 aliphatic carbocycles. The van der Waals surface area contributed by atoms with Crippen molar-refractivity contribution in [3.8, 4) is 16.2 Å². The molecule has 2 aromatic heterocycles. The van der Waals surface area contributed by atoms with Crippen LogP contribution in [0.25, 0.3) is 21.3 Å². The fourth-order valence-electron chi connectivity index (χ4n) is 4.54. The Morgan fingerprint density at radius 2 is 2.10 bits per heavy atom. The fourth-order valence-corrected chi connectivity index (χ4v) is 5.78. The van der Waals surface area contributed by atoms with E-state index in [0.29, 0.717) is 29.1 Å². The fraction of sp³-hybridized carbons (Fsp3) is 0.391. The largest absolute Gasteiger partial charge is 0.494 e. The Balaban J connectivity index is 0.00000231. The Hall–Kier alpha value is -2.35. The highest BCUT2D eigenvalue weighted by molar-refractivity contribution is 7.15. The zero-order valence-electron chi connectivity index (χ0n) is 17.2. The quantitative estimate of drug-likeness (QED) is 0.593. The number of carboxylic acid groups (broad SMARTS) is 1. The number of benzene rings is 1. The number of fused-ring (bicyclic) bond motifs is 2. The molecule has 31 heavy (non-hydrogen) atoms. The Bertz CT molecular complexity index is 1230. The topological polar surface area (TPSA) is 94.6 Å². The van der Waals surface area contributed by atoms with E-state index in [0.717, 1.165) is 42.5 Å². The van der Waals surface area contributed by atoms with E-state index in [1.807, 2.05) is 10.6 Å². The predicted octanol–water partition coefficient (Wildman–Crippen LogP) is 4.26. The van der Waals surface area contributed by atoms with Gasteiger partial charge < -0.3 is 20.1 Å². The number of carboxylic acids is 1. The number of ether oxygens (including phenoxy) is 1. The first-order chi connectivity index (χ1) is 14.5. The monoisotopic (exact) mass is 460 g/mol. The van der Waals surface area contributed by atoms with Gasteiger partial charge in [-0.2, -0.15) is 0 Å². The number of aromatic nitrogens is 1. The highest BCUT2D eigenvalue weighted by atomic mass is 35.5. The average Bonchev–Trinajstić information content (AvgIpc) is 3.50. The van der Waals surface area contributed by atoms with Crippen molar-refractivity contribution >= 4 is 40.6 Å². The smallest absolute Gasteiger partial charge is 0.341 e. The van der Waals surface area contributed by atoms with Crippen LogP contribution in [0.1, 0.15) is 46.1 Å². The van der Waals surface area contributed by atoms with Gasteiger partial charge in [0.2, 0.25) is 5.43 Å². The predicted molar refractivity (Wildman–Crippen MR) is 125 cm³/mol. The number of carbonyl (C=O) groups is 1. The molecular formula is C23H25ClN2O4S. The first kappa shape index (κ1) is 21.9. The van der Waals surface area contributed by atoms with Crippen molar-refractivity contribution in [2.45, 2.75) is 38.1 Å². The van der Waals surface area contributed by atoms with Gasteiger partial charge in [-0.1, -0.05) is 0 Å². The van der Waals surface area contributed by atoms with Gasteiger partial charge in [0.15, 0.2) is 5.75 Å². The molecule has 1 saturated carbocycles. The van der Waals surface area contributed by atoms with E-state index < -0.39 is 11.4 Å². The van der Waals surface area contributed by atoms with E-state index in [2.05, 4.69) is 6.07 Å². The van der Waals surface area contributed by atoms with Crippen molar-refractivity contribution in [2.75, 3.05) is 13.7 Å². The van der Waals surface area contributed by atoms with E-state index in [1.165, 1.54) is 16.6 Å². The molecule has 6 nitrogen and oxygen atoms in total. The summed E-state index contributed by atoms with van der Waals surface area (Å²) >= 11 is 1.78. The van der Waals surface area contributed by atoms with Gasteiger partial charge >= 0.3 is 5.97 Å². The van der Waals surface area contributed by atoms with E-state index >= 15 is 0 Å². The summed E-state index contributed by atoms with van der Waals surface area (Å²) in [6, 6.07) is 6.08. The number of rotatable bonds is 5. The van der Waals surface area contributed by atoms with Crippen LogP contribution in [0, 0.1) is 5.92 Å². The van der Waals surface area contributed by atoms with Crippen molar-refractivity contribution in [1.82, 2.24) is 4.57 Å². The van der Waals surface area contributed by atoms with E-state index in [1.54, 1.807) is 24.5 Å². The van der Waals surface area contributed by atoms with E-state index in [-0.39, 0.29) is 24.0 Å². The lowest BCUT2D eigenvalue weighted by molar-refractivity contribution is 0.0695. The molecule has 5 rings (SSSR count). The molecule has 1 unspecified atom stereocenters. The Morgan fingerprint density at radius 1 is 1.32 bits per heavy atom. The van der Waals surface area contributed by atoms with Gasteiger partial charge in [-0.05, 0) is 68.3 Å². The summed E-state index contributed by atoms with van der Waals surface area (Å²) in [6.07, 6.45) is 6.61. The maximum Gasteiger partial charge on any atom is 0.341 e. The maximum atomic E-state index is 12.9. The average molecular weight is 461 g/mol. The minimum Gasteiger partial charge on any atom is -0.494 e. The van der Waals surface area contributed by atoms with Gasteiger partial charge in [-0.3, -0.25) is 4.79 Å². The lowest BCUT2D eigenvalue weighted by atomic mass is 9.88. The number of methoxy groups -OCH3 is 1. The molecule has 3 aromatic rings. The Labute approximate surface area is 190 Å². The summed E-state index contributed by atoms with van der Waals surface area (Å²) in [5, 5.41) is 9.89. The van der Waals surface area contributed by atoms with Crippen LogP contribution in [-0.2, 0) is 12.8 Å². The van der Waals surface area contributed by atoms with Gasteiger partial charge in [0.05, 0.1) is 18.0 Å². The summed E-state index contributed by atoms with van der Waals surface area (Å²) in [5.74, 6) is -0.0184. The molecule has 3 N–H and O–H groups in total. The number of nitrogens with two attached hydrogens (primary N) is 1. The van der Waals surface area contributed by atoms with Crippen LogP contribution in [0.4, 0.5) is 0 Å². The molecule has 8 heteroatoms. The number of aromatic carboxylic acids is 1. The minimum absolute atomic E-state index is 0. The SMILES string of the molecule is COc1c(-c2cc3c(s2)CCC(CN)C3)ccc2c(=O)c(C(=O)O)cn(C3CC3)c12.Cl. The zero-order valence-corrected chi connectivity index (χ0v) is 18.9. The van der Waals surface area contributed by atoms with Crippen LogP contribution in [-0.4, -0.2) is 29.3 Å². The van der Waals surface area contributed by atoms with Crippen LogP contribution >= 0.6 is 23.7 Å². The molecule has 0 saturated heterocycles. The van der Waals surface area contributed by atoms with Gasteiger partial charge in [-0.15, -0.1) is 23.7 Å². The summed E-state index contributed by atoms with van der Waals surface area (Å²) < 4.78 is 7.77. The second-order valence-electron chi connectivity index (χ2n) is 8.26. The van der Waals surface area contributed by atoms with Gasteiger partial charge in [0.1, 0.15) is 5.56 Å². The van der Waals surface area contributed by atoms with E-state index in [9.17, 15) is 14.7 Å². The lowest BCUT2D eigenvalue weighted by Gasteiger charge is -2.19. The van der Waals surface area contributed by atoms with Crippen molar-refractivity contribution in [3.63, 3.8) is 0 Å².